The summed E-state index contributed by atoms with van der Waals surface area (Å²) < 4.78 is 37.1. The number of sulfonamides is 1. The fourth-order valence-corrected chi connectivity index (χ4v) is 4.43. The molecule has 0 spiro atoms. The lowest BCUT2D eigenvalue weighted by molar-refractivity contribution is 0.0738. The van der Waals surface area contributed by atoms with Gasteiger partial charge < -0.3 is 14.5 Å². The Morgan fingerprint density at radius 2 is 1.92 bits per heavy atom. The number of methoxy groups -OCH3 is 1. The van der Waals surface area contributed by atoms with Crippen molar-refractivity contribution in [2.24, 2.45) is 0 Å². The molecule has 1 aromatic carbocycles. The Kier molecular flexibility index (Phi) is 5.75. The van der Waals surface area contributed by atoms with Gasteiger partial charge in [-0.15, -0.1) is 0 Å². The van der Waals surface area contributed by atoms with Crippen molar-refractivity contribution in [3.05, 3.63) is 54.0 Å². The summed E-state index contributed by atoms with van der Waals surface area (Å²) in [7, 11) is -1.93. The van der Waals surface area contributed by atoms with Gasteiger partial charge in [-0.05, 0) is 49.2 Å². The summed E-state index contributed by atoms with van der Waals surface area (Å²) >= 11 is 0. The Balaban J connectivity index is 1.63. The standard InChI is InChI=1S/C18H22N2O5S/c1-24-17(16-5-4-12-25-16)13-19-18(21)14-6-8-15(9-7-14)26(22,23)20-10-2-3-11-20/h4-9,12,17H,2-3,10-11,13H2,1H3,(H,19,21). The average molecular weight is 378 g/mol. The van der Waals surface area contributed by atoms with Crippen molar-refractivity contribution in [3.8, 4) is 0 Å². The number of carbonyl (C=O) groups is 1. The van der Waals surface area contributed by atoms with E-state index in [2.05, 4.69) is 5.32 Å². The largest absolute Gasteiger partial charge is 0.467 e. The van der Waals surface area contributed by atoms with Crippen molar-refractivity contribution >= 4 is 15.9 Å². The summed E-state index contributed by atoms with van der Waals surface area (Å²) in [6.07, 6.45) is 2.93. The van der Waals surface area contributed by atoms with Gasteiger partial charge in [0.05, 0.1) is 17.7 Å². The Bertz CT molecular complexity index is 825. The normalized spacial score (nSPS) is 16.5. The molecule has 1 amide bonds. The van der Waals surface area contributed by atoms with Gasteiger partial charge in [0.25, 0.3) is 5.91 Å². The van der Waals surface area contributed by atoms with E-state index in [4.69, 9.17) is 9.15 Å². The van der Waals surface area contributed by atoms with Crippen LogP contribution in [0, 0.1) is 0 Å². The molecule has 2 heterocycles. The first kappa shape index (κ1) is 18.6. The second kappa shape index (κ2) is 8.03. The van der Waals surface area contributed by atoms with E-state index >= 15 is 0 Å². The van der Waals surface area contributed by atoms with E-state index in [1.54, 1.807) is 18.4 Å². The Morgan fingerprint density at radius 1 is 1.23 bits per heavy atom. The first-order valence-corrected chi connectivity index (χ1v) is 9.91. The zero-order chi connectivity index (χ0) is 18.6. The van der Waals surface area contributed by atoms with Gasteiger partial charge in [0, 0.05) is 25.8 Å². The molecule has 2 aromatic rings. The van der Waals surface area contributed by atoms with Crippen LogP contribution in [0.4, 0.5) is 0 Å². The third-order valence-electron chi connectivity index (χ3n) is 4.41. The molecule has 3 rings (SSSR count). The van der Waals surface area contributed by atoms with Crippen LogP contribution in [0.2, 0.25) is 0 Å². The van der Waals surface area contributed by atoms with Crippen LogP contribution >= 0.6 is 0 Å². The third kappa shape index (κ3) is 3.98. The van der Waals surface area contributed by atoms with Gasteiger partial charge in [0.15, 0.2) is 0 Å². The molecule has 1 saturated heterocycles. The molecule has 1 aromatic heterocycles. The molecule has 1 atom stereocenters. The molecular weight excluding hydrogens is 356 g/mol. The van der Waals surface area contributed by atoms with Crippen molar-refractivity contribution in [1.82, 2.24) is 9.62 Å². The van der Waals surface area contributed by atoms with Crippen LogP contribution < -0.4 is 5.32 Å². The first-order valence-electron chi connectivity index (χ1n) is 8.47. The predicted molar refractivity (Wildman–Crippen MR) is 95.2 cm³/mol. The molecule has 7 nitrogen and oxygen atoms in total. The van der Waals surface area contributed by atoms with Crippen molar-refractivity contribution in [1.29, 1.82) is 0 Å². The summed E-state index contributed by atoms with van der Waals surface area (Å²) in [5.74, 6) is 0.323. The van der Waals surface area contributed by atoms with E-state index in [0.717, 1.165) is 12.8 Å². The number of carbonyl (C=O) groups excluding carboxylic acids is 1. The summed E-state index contributed by atoms with van der Waals surface area (Å²) in [6, 6.07) is 9.52. The highest BCUT2D eigenvalue weighted by Crippen LogP contribution is 2.21. The van der Waals surface area contributed by atoms with Crippen LogP contribution in [0.15, 0.2) is 52.0 Å². The molecular formula is C18H22N2O5S. The van der Waals surface area contributed by atoms with E-state index in [0.29, 0.717) is 24.4 Å². The van der Waals surface area contributed by atoms with Crippen LogP contribution in [0.25, 0.3) is 0 Å². The lowest BCUT2D eigenvalue weighted by Gasteiger charge is -2.16. The molecule has 1 aliphatic heterocycles. The molecule has 1 unspecified atom stereocenters. The molecule has 8 heteroatoms. The lowest BCUT2D eigenvalue weighted by atomic mass is 10.2. The maximum absolute atomic E-state index is 12.5. The molecule has 1 N–H and O–H groups in total. The summed E-state index contributed by atoms with van der Waals surface area (Å²) in [5, 5.41) is 2.77. The molecule has 0 bridgehead atoms. The number of amides is 1. The minimum atomic E-state index is -3.47. The minimum Gasteiger partial charge on any atom is -0.467 e. The Hall–Kier alpha value is -2.16. The van der Waals surface area contributed by atoms with Crippen LogP contribution in [-0.4, -0.2) is 45.4 Å². The van der Waals surface area contributed by atoms with E-state index in [9.17, 15) is 13.2 Å². The van der Waals surface area contributed by atoms with E-state index < -0.39 is 10.0 Å². The molecule has 0 radical (unpaired) electrons. The number of benzene rings is 1. The number of hydrogen-bond acceptors (Lipinski definition) is 5. The fourth-order valence-electron chi connectivity index (χ4n) is 2.92. The SMILES string of the molecule is COC(CNC(=O)c1ccc(S(=O)(=O)N2CCCC2)cc1)c1ccco1. The minimum absolute atomic E-state index is 0.210. The number of ether oxygens (including phenoxy) is 1. The van der Waals surface area contributed by atoms with Gasteiger partial charge in [-0.1, -0.05) is 0 Å². The average Bonchev–Trinajstić information content (AvgIpc) is 3.36. The van der Waals surface area contributed by atoms with Crippen LogP contribution in [0.3, 0.4) is 0 Å². The van der Waals surface area contributed by atoms with Gasteiger partial charge in [0.1, 0.15) is 11.9 Å². The number of nitrogens with one attached hydrogen (secondary N) is 1. The number of nitrogens with zero attached hydrogens (tertiary/aromatic N) is 1. The third-order valence-corrected chi connectivity index (χ3v) is 6.33. The van der Waals surface area contributed by atoms with E-state index in [1.807, 2.05) is 0 Å². The van der Waals surface area contributed by atoms with Crippen LogP contribution in [0.1, 0.15) is 35.1 Å². The Labute approximate surface area is 153 Å². The van der Waals surface area contributed by atoms with Gasteiger partial charge in [-0.3, -0.25) is 4.79 Å². The maximum Gasteiger partial charge on any atom is 0.251 e. The number of hydrogen-bond donors (Lipinski definition) is 1. The van der Waals surface area contributed by atoms with Crippen LogP contribution in [-0.2, 0) is 14.8 Å². The van der Waals surface area contributed by atoms with Crippen molar-refractivity contribution < 1.29 is 22.4 Å². The smallest absolute Gasteiger partial charge is 0.251 e. The predicted octanol–water partition coefficient (Wildman–Crippen LogP) is 2.18. The van der Waals surface area contributed by atoms with Gasteiger partial charge >= 0.3 is 0 Å². The van der Waals surface area contributed by atoms with E-state index in [-0.39, 0.29) is 23.5 Å². The molecule has 140 valence electrons. The van der Waals surface area contributed by atoms with Gasteiger partial charge in [0.2, 0.25) is 10.0 Å². The summed E-state index contributed by atoms with van der Waals surface area (Å²) in [4.78, 5) is 12.5. The summed E-state index contributed by atoms with van der Waals surface area (Å²) in [6.45, 7) is 1.35. The molecule has 1 fully saturated rings. The molecule has 0 saturated carbocycles. The lowest BCUT2D eigenvalue weighted by Crippen LogP contribution is -2.29. The maximum atomic E-state index is 12.5. The Morgan fingerprint density at radius 3 is 2.50 bits per heavy atom. The number of furan rings is 1. The van der Waals surface area contributed by atoms with Crippen molar-refractivity contribution in [2.45, 2.75) is 23.8 Å². The molecule has 26 heavy (non-hydrogen) atoms. The number of rotatable bonds is 7. The second-order valence-corrected chi connectivity index (χ2v) is 8.02. The monoisotopic (exact) mass is 378 g/mol. The highest BCUT2D eigenvalue weighted by atomic mass is 32.2. The van der Waals surface area contributed by atoms with Gasteiger partial charge in [-0.2, -0.15) is 4.31 Å². The first-order chi connectivity index (χ1) is 12.5. The fraction of sp³-hybridized carbons (Fsp3) is 0.389. The van der Waals surface area contributed by atoms with Crippen molar-refractivity contribution in [2.75, 3.05) is 26.7 Å². The molecule has 1 aliphatic rings. The highest BCUT2D eigenvalue weighted by Gasteiger charge is 2.27. The highest BCUT2D eigenvalue weighted by molar-refractivity contribution is 7.89. The second-order valence-electron chi connectivity index (χ2n) is 6.09. The zero-order valence-electron chi connectivity index (χ0n) is 14.6. The van der Waals surface area contributed by atoms with E-state index in [1.165, 1.54) is 35.7 Å². The quantitative estimate of drug-likeness (QED) is 0.798. The zero-order valence-corrected chi connectivity index (χ0v) is 15.4. The summed E-state index contributed by atoms with van der Waals surface area (Å²) in [5.41, 5.74) is 0.389. The topological polar surface area (TPSA) is 88.8 Å². The van der Waals surface area contributed by atoms with Crippen molar-refractivity contribution in [3.63, 3.8) is 0 Å². The van der Waals surface area contributed by atoms with Crippen LogP contribution in [0.5, 0.6) is 0 Å². The molecule has 0 aliphatic carbocycles. The van der Waals surface area contributed by atoms with Gasteiger partial charge in [-0.25, -0.2) is 8.42 Å².